The summed E-state index contributed by atoms with van der Waals surface area (Å²) in [6, 6.07) is 2.47. The molecule has 1 aromatic rings. The molecule has 108 valence electrons. The van der Waals surface area contributed by atoms with Gasteiger partial charge in [0.05, 0.1) is 4.92 Å². The van der Waals surface area contributed by atoms with E-state index in [1.165, 1.54) is 6.07 Å². The van der Waals surface area contributed by atoms with Crippen molar-refractivity contribution < 1.29 is 24.3 Å². The quantitative estimate of drug-likeness (QED) is 0.661. The van der Waals surface area contributed by atoms with Gasteiger partial charge < -0.3 is 14.6 Å². The fourth-order valence-corrected chi connectivity index (χ4v) is 1.83. The Labute approximate surface area is 115 Å². The van der Waals surface area contributed by atoms with E-state index in [0.29, 0.717) is 0 Å². The molecule has 1 N–H and O–H groups in total. The first kappa shape index (κ1) is 14.1. The van der Waals surface area contributed by atoms with Crippen LogP contribution in [-0.4, -0.2) is 21.8 Å². The molecule has 0 aliphatic carbocycles. The van der Waals surface area contributed by atoms with E-state index in [2.05, 4.69) is 0 Å². The Morgan fingerprint density at radius 2 is 1.95 bits per heavy atom. The average Bonchev–Trinajstić information content (AvgIpc) is 2.63. The van der Waals surface area contributed by atoms with Crippen LogP contribution >= 0.6 is 0 Å². The molecule has 7 heteroatoms. The predicted molar refractivity (Wildman–Crippen MR) is 69.2 cm³/mol. The topological polar surface area (TPSA) is 98.9 Å². The molecule has 2 rings (SSSR count). The summed E-state index contributed by atoms with van der Waals surface area (Å²) < 4.78 is 11.3. The zero-order valence-electron chi connectivity index (χ0n) is 11.6. The zero-order chi connectivity index (χ0) is 15.3. The van der Waals surface area contributed by atoms with Crippen LogP contribution in [0, 0.1) is 15.5 Å². The van der Waals surface area contributed by atoms with Crippen LogP contribution in [0.5, 0.6) is 11.5 Å². The Balaban J connectivity index is 2.61. The van der Waals surface area contributed by atoms with E-state index in [0.717, 1.165) is 6.07 Å². The van der Waals surface area contributed by atoms with Crippen molar-refractivity contribution in [1.29, 1.82) is 0 Å². The summed E-state index contributed by atoms with van der Waals surface area (Å²) in [7, 11) is 0. The number of ether oxygens (including phenoxy) is 2. The van der Waals surface area contributed by atoms with Crippen LogP contribution in [0.3, 0.4) is 0 Å². The molecule has 1 aromatic carbocycles. The molecule has 0 radical (unpaired) electrons. The third kappa shape index (κ3) is 1.95. The van der Waals surface area contributed by atoms with Gasteiger partial charge in [0.1, 0.15) is 0 Å². The molecule has 7 nitrogen and oxygen atoms in total. The summed E-state index contributed by atoms with van der Waals surface area (Å²) >= 11 is 0. The van der Waals surface area contributed by atoms with Gasteiger partial charge in [-0.05, 0) is 6.07 Å². The number of carboxylic acids is 1. The van der Waals surface area contributed by atoms with Gasteiger partial charge in [0.2, 0.25) is 0 Å². The molecule has 0 saturated carbocycles. The number of carboxylic acid groups (broad SMARTS) is 1. The van der Waals surface area contributed by atoms with Gasteiger partial charge in [-0.3, -0.25) is 10.1 Å². The first-order chi connectivity index (χ1) is 9.07. The van der Waals surface area contributed by atoms with Gasteiger partial charge in [0.15, 0.2) is 17.1 Å². The van der Waals surface area contributed by atoms with Crippen molar-refractivity contribution in [2.75, 3.05) is 0 Å². The summed E-state index contributed by atoms with van der Waals surface area (Å²) in [5, 5.41) is 20.1. The van der Waals surface area contributed by atoms with Crippen LogP contribution < -0.4 is 9.47 Å². The van der Waals surface area contributed by atoms with Crippen LogP contribution in [0.25, 0.3) is 0 Å². The maximum atomic E-state index is 11.3. The number of nitro benzene ring substituents is 1. The maximum absolute atomic E-state index is 11.3. The Hall–Kier alpha value is -2.31. The molecule has 0 bridgehead atoms. The van der Waals surface area contributed by atoms with Crippen LogP contribution in [-0.2, 0) is 0 Å². The lowest BCUT2D eigenvalue weighted by Gasteiger charge is -2.35. The van der Waals surface area contributed by atoms with Crippen molar-refractivity contribution in [2.24, 2.45) is 5.41 Å². The summed E-state index contributed by atoms with van der Waals surface area (Å²) in [6.07, 6.45) is 0. The molecule has 1 aliphatic heterocycles. The molecule has 0 unspecified atom stereocenters. The van der Waals surface area contributed by atoms with Crippen molar-refractivity contribution in [2.45, 2.75) is 33.5 Å². The van der Waals surface area contributed by atoms with Gasteiger partial charge in [0.25, 0.3) is 11.5 Å². The van der Waals surface area contributed by atoms with Gasteiger partial charge in [-0.2, -0.15) is 0 Å². The van der Waals surface area contributed by atoms with E-state index in [1.807, 2.05) is 20.8 Å². The Morgan fingerprint density at radius 1 is 1.35 bits per heavy atom. The number of hydrogen-bond acceptors (Lipinski definition) is 5. The summed E-state index contributed by atoms with van der Waals surface area (Å²) in [5.74, 6) is -2.40. The first-order valence-corrected chi connectivity index (χ1v) is 5.99. The molecule has 1 atom stereocenters. The molecule has 0 amide bonds. The van der Waals surface area contributed by atoms with E-state index in [9.17, 15) is 20.0 Å². The Morgan fingerprint density at radius 3 is 2.40 bits per heavy atom. The second kappa shape index (κ2) is 4.09. The van der Waals surface area contributed by atoms with E-state index in [1.54, 1.807) is 6.92 Å². The number of rotatable bonds is 2. The van der Waals surface area contributed by atoms with E-state index in [4.69, 9.17) is 9.47 Å². The smallest absolute Gasteiger partial charge is 0.346 e. The highest BCUT2D eigenvalue weighted by Crippen LogP contribution is 2.50. The predicted octanol–water partition coefficient (Wildman–Crippen LogP) is 2.83. The normalized spacial score (nSPS) is 20.8. The second-order valence-corrected chi connectivity index (χ2v) is 5.75. The van der Waals surface area contributed by atoms with Crippen LogP contribution in [0.4, 0.5) is 5.69 Å². The maximum Gasteiger partial charge on any atom is 0.346 e. The zero-order valence-corrected chi connectivity index (χ0v) is 11.6. The Kier molecular flexibility index (Phi) is 2.89. The number of nitro groups is 1. The minimum Gasteiger partial charge on any atom is -0.477 e. The second-order valence-electron chi connectivity index (χ2n) is 5.75. The van der Waals surface area contributed by atoms with Crippen molar-refractivity contribution >= 4 is 11.7 Å². The molecule has 20 heavy (non-hydrogen) atoms. The number of aromatic carboxylic acids is 1. The average molecular weight is 281 g/mol. The summed E-state index contributed by atoms with van der Waals surface area (Å²) in [6.45, 7) is 7.28. The number of fused-ring (bicyclic) bond motifs is 1. The highest BCUT2D eigenvalue weighted by Gasteiger charge is 2.49. The van der Waals surface area contributed by atoms with Gasteiger partial charge in [-0.1, -0.05) is 20.8 Å². The van der Waals surface area contributed by atoms with Crippen LogP contribution in [0.15, 0.2) is 12.1 Å². The van der Waals surface area contributed by atoms with Crippen molar-refractivity contribution in [3.8, 4) is 11.5 Å². The highest BCUT2D eigenvalue weighted by molar-refractivity contribution is 5.97. The fraction of sp³-hybridized carbons (Fsp3) is 0.462. The Bertz CT molecular complexity index is 604. The number of benzene rings is 1. The van der Waals surface area contributed by atoms with Crippen LogP contribution in [0.1, 0.15) is 38.1 Å². The summed E-state index contributed by atoms with van der Waals surface area (Å²) in [4.78, 5) is 21.5. The van der Waals surface area contributed by atoms with Crippen molar-refractivity contribution in [3.05, 3.63) is 27.8 Å². The lowest BCUT2D eigenvalue weighted by atomic mass is 9.87. The van der Waals surface area contributed by atoms with Gasteiger partial charge in [0, 0.05) is 18.4 Å². The minimum atomic E-state index is -1.42. The summed E-state index contributed by atoms with van der Waals surface area (Å²) in [5.41, 5.74) is -1.45. The van der Waals surface area contributed by atoms with Crippen LogP contribution in [0.2, 0.25) is 0 Å². The number of carbonyl (C=O) groups is 1. The third-order valence-electron chi connectivity index (χ3n) is 3.47. The van der Waals surface area contributed by atoms with Crippen molar-refractivity contribution in [3.63, 3.8) is 0 Å². The van der Waals surface area contributed by atoms with E-state index < -0.39 is 33.3 Å². The lowest BCUT2D eigenvalue weighted by Crippen LogP contribution is -2.47. The fourth-order valence-electron chi connectivity index (χ4n) is 1.83. The van der Waals surface area contributed by atoms with E-state index in [-0.39, 0.29) is 11.5 Å². The highest BCUT2D eigenvalue weighted by atomic mass is 16.7. The monoisotopic (exact) mass is 281 g/mol. The van der Waals surface area contributed by atoms with Gasteiger partial charge in [-0.15, -0.1) is 0 Å². The van der Waals surface area contributed by atoms with Crippen molar-refractivity contribution in [1.82, 2.24) is 0 Å². The first-order valence-electron chi connectivity index (χ1n) is 5.99. The SMILES string of the molecule is CC(C)(C)[C@]1(C)Oc2ccc([N+](=O)[O-])c(C(=O)O)c2O1. The molecule has 0 saturated heterocycles. The molecule has 0 spiro atoms. The standard InChI is InChI=1S/C13H15NO6/c1-12(2,3)13(4)19-8-6-5-7(14(17)18)9(11(15)16)10(8)20-13/h5-6H,1-4H3,(H,15,16)/t13-/m1/s1. The molecule has 0 aromatic heterocycles. The van der Waals surface area contributed by atoms with Gasteiger partial charge in [-0.25, -0.2) is 4.79 Å². The minimum absolute atomic E-state index is 0.0934. The molecule has 1 heterocycles. The molecular formula is C13H15NO6. The largest absolute Gasteiger partial charge is 0.477 e. The van der Waals surface area contributed by atoms with Gasteiger partial charge >= 0.3 is 5.97 Å². The number of nitrogens with zero attached hydrogens (tertiary/aromatic N) is 1. The lowest BCUT2D eigenvalue weighted by molar-refractivity contribution is -0.385. The molecule has 0 fully saturated rings. The third-order valence-corrected chi connectivity index (χ3v) is 3.47. The molecular weight excluding hydrogens is 266 g/mol. The number of hydrogen-bond donors (Lipinski definition) is 1. The molecule has 1 aliphatic rings. The van der Waals surface area contributed by atoms with E-state index >= 15 is 0 Å².